The largest absolute Gasteiger partial charge is 0.481 e. The van der Waals surface area contributed by atoms with E-state index in [-0.39, 0.29) is 6.61 Å². The number of ether oxygens (including phenoxy) is 1. The summed E-state index contributed by atoms with van der Waals surface area (Å²) in [5.41, 5.74) is 2.41. The maximum absolute atomic E-state index is 10.7. The molecule has 1 aromatic heterocycles. The van der Waals surface area contributed by atoms with Crippen molar-refractivity contribution in [2.45, 2.75) is 12.5 Å². The van der Waals surface area contributed by atoms with Crippen LogP contribution < -0.4 is 9.57 Å². The molecular weight excluding hydrogens is 318 g/mol. The molecule has 118 valence electrons. The minimum atomic E-state index is -0.859. The number of benzene rings is 1. The van der Waals surface area contributed by atoms with Gasteiger partial charge in [-0.25, -0.2) is 9.82 Å². The van der Waals surface area contributed by atoms with Crippen molar-refractivity contribution in [3.05, 3.63) is 59.3 Å². The van der Waals surface area contributed by atoms with Gasteiger partial charge in [0.2, 0.25) is 5.88 Å². The quantitative estimate of drug-likeness (QED) is 0.839. The topological polar surface area (TPSA) is 95.2 Å². The molecule has 2 N–H and O–H groups in total. The van der Waals surface area contributed by atoms with Crippen LogP contribution in [0.1, 0.15) is 22.6 Å². The highest BCUT2D eigenvalue weighted by molar-refractivity contribution is 6.13. The van der Waals surface area contributed by atoms with E-state index in [4.69, 9.17) is 26.9 Å². The monoisotopic (exact) mass is 331 g/mol. The van der Waals surface area contributed by atoms with E-state index in [2.05, 4.69) is 9.82 Å². The SMILES string of the molecule is N#Cc1ccc(CNCl)cc1.O=C(O)C1COc2ncccc21. The fourth-order valence-electron chi connectivity index (χ4n) is 2.02. The number of hydrogen-bond acceptors (Lipinski definition) is 5. The Morgan fingerprint density at radius 2 is 2.17 bits per heavy atom. The Morgan fingerprint density at radius 3 is 2.78 bits per heavy atom. The molecule has 3 rings (SSSR count). The maximum atomic E-state index is 10.7. The number of nitrogens with zero attached hydrogens (tertiary/aromatic N) is 2. The highest BCUT2D eigenvalue weighted by Crippen LogP contribution is 2.31. The van der Waals surface area contributed by atoms with Crippen molar-refractivity contribution in [2.24, 2.45) is 0 Å². The van der Waals surface area contributed by atoms with Crippen molar-refractivity contribution >= 4 is 17.7 Å². The third-order valence-corrected chi connectivity index (χ3v) is 3.35. The smallest absolute Gasteiger partial charge is 0.314 e. The van der Waals surface area contributed by atoms with Crippen LogP contribution in [0.3, 0.4) is 0 Å². The number of hydrogen-bond donors (Lipinski definition) is 2. The summed E-state index contributed by atoms with van der Waals surface area (Å²) in [6, 6.07) is 12.8. The third kappa shape index (κ3) is 4.42. The third-order valence-electron chi connectivity index (χ3n) is 3.21. The molecule has 1 unspecified atom stereocenters. The van der Waals surface area contributed by atoms with E-state index in [1.54, 1.807) is 30.5 Å². The van der Waals surface area contributed by atoms with Crippen LogP contribution in [0.15, 0.2) is 42.6 Å². The Hall–Kier alpha value is -2.62. The predicted molar refractivity (Wildman–Crippen MR) is 84.0 cm³/mol. The van der Waals surface area contributed by atoms with Gasteiger partial charge in [-0.15, -0.1) is 0 Å². The van der Waals surface area contributed by atoms with Gasteiger partial charge >= 0.3 is 5.97 Å². The Bertz CT molecular complexity index is 713. The number of rotatable bonds is 3. The fraction of sp³-hybridized carbons (Fsp3) is 0.188. The number of carbonyl (C=O) groups is 1. The first kappa shape index (κ1) is 16.7. The number of halogens is 1. The first-order chi connectivity index (χ1) is 11.2. The Balaban J connectivity index is 0.000000168. The van der Waals surface area contributed by atoms with Gasteiger partial charge in [0.05, 0.1) is 11.6 Å². The molecule has 1 aliphatic rings. The average molecular weight is 332 g/mol. The molecule has 1 atom stereocenters. The first-order valence-corrected chi connectivity index (χ1v) is 7.16. The van der Waals surface area contributed by atoms with Crippen molar-refractivity contribution < 1.29 is 14.6 Å². The fourth-order valence-corrected chi connectivity index (χ4v) is 2.17. The van der Waals surface area contributed by atoms with E-state index in [1.807, 2.05) is 18.2 Å². The lowest BCUT2D eigenvalue weighted by Gasteiger charge is -1.99. The minimum Gasteiger partial charge on any atom is -0.481 e. The zero-order valence-electron chi connectivity index (χ0n) is 12.1. The normalized spacial score (nSPS) is 14.7. The molecule has 0 saturated heterocycles. The summed E-state index contributed by atoms with van der Waals surface area (Å²) in [6.07, 6.45) is 1.59. The molecule has 2 heterocycles. The van der Waals surface area contributed by atoms with E-state index in [0.29, 0.717) is 23.6 Å². The number of fused-ring (bicyclic) bond motifs is 1. The van der Waals surface area contributed by atoms with Crippen molar-refractivity contribution in [3.8, 4) is 11.9 Å². The number of aliphatic carboxylic acids is 1. The highest BCUT2D eigenvalue weighted by Gasteiger charge is 2.30. The molecule has 1 aromatic carbocycles. The molecule has 0 fully saturated rings. The summed E-state index contributed by atoms with van der Waals surface area (Å²) in [5, 5.41) is 17.2. The molecule has 0 radical (unpaired) electrons. The van der Waals surface area contributed by atoms with Crippen molar-refractivity contribution in [2.75, 3.05) is 6.61 Å². The van der Waals surface area contributed by atoms with Crippen LogP contribution in [-0.4, -0.2) is 22.7 Å². The lowest BCUT2D eigenvalue weighted by Crippen LogP contribution is -2.12. The Kier molecular flexibility index (Phi) is 5.92. The molecule has 0 amide bonds. The lowest BCUT2D eigenvalue weighted by molar-refractivity contribution is -0.138. The van der Waals surface area contributed by atoms with Gasteiger partial charge in [-0.05, 0) is 35.5 Å². The van der Waals surface area contributed by atoms with E-state index >= 15 is 0 Å². The summed E-state index contributed by atoms with van der Waals surface area (Å²) >= 11 is 5.29. The second-order valence-corrected chi connectivity index (χ2v) is 4.99. The molecule has 2 aromatic rings. The van der Waals surface area contributed by atoms with E-state index in [0.717, 1.165) is 5.56 Å². The van der Waals surface area contributed by atoms with Crippen LogP contribution >= 0.6 is 11.8 Å². The molecule has 0 spiro atoms. The molecule has 7 heteroatoms. The van der Waals surface area contributed by atoms with Crippen molar-refractivity contribution in [1.82, 2.24) is 9.82 Å². The maximum Gasteiger partial charge on any atom is 0.314 e. The van der Waals surface area contributed by atoms with E-state index in [1.165, 1.54) is 0 Å². The van der Waals surface area contributed by atoms with E-state index in [9.17, 15) is 4.79 Å². The summed E-state index contributed by atoms with van der Waals surface area (Å²) in [5.74, 6) is -0.958. The highest BCUT2D eigenvalue weighted by atomic mass is 35.5. The van der Waals surface area contributed by atoms with Crippen molar-refractivity contribution in [1.29, 1.82) is 5.26 Å². The Labute approximate surface area is 138 Å². The number of nitrogens with one attached hydrogen (secondary N) is 1. The van der Waals surface area contributed by atoms with E-state index < -0.39 is 11.9 Å². The van der Waals surface area contributed by atoms with Gasteiger partial charge in [-0.2, -0.15) is 5.26 Å². The van der Waals surface area contributed by atoms with Gasteiger partial charge in [0.15, 0.2) is 0 Å². The summed E-state index contributed by atoms with van der Waals surface area (Å²) < 4.78 is 5.08. The first-order valence-electron chi connectivity index (χ1n) is 6.78. The van der Waals surface area contributed by atoms with Gasteiger partial charge in [0.25, 0.3) is 0 Å². The van der Waals surface area contributed by atoms with Gasteiger partial charge in [-0.1, -0.05) is 18.2 Å². The minimum absolute atomic E-state index is 0.196. The van der Waals surface area contributed by atoms with Crippen LogP contribution in [0.25, 0.3) is 0 Å². The number of carboxylic acids is 1. The molecule has 0 aliphatic carbocycles. The zero-order chi connectivity index (χ0) is 16.7. The molecule has 23 heavy (non-hydrogen) atoms. The second kappa shape index (κ2) is 8.13. The second-order valence-electron chi connectivity index (χ2n) is 4.72. The number of aromatic nitrogens is 1. The summed E-state index contributed by atoms with van der Waals surface area (Å²) in [6.45, 7) is 0.814. The lowest BCUT2D eigenvalue weighted by atomic mass is 10.0. The number of nitriles is 1. The van der Waals surface area contributed by atoms with Crippen LogP contribution in [0, 0.1) is 11.3 Å². The van der Waals surface area contributed by atoms with Gasteiger partial charge in [0.1, 0.15) is 12.5 Å². The number of carboxylic acid groups (broad SMARTS) is 1. The average Bonchev–Trinajstić information content (AvgIpc) is 3.01. The number of pyridine rings is 1. The van der Waals surface area contributed by atoms with Crippen molar-refractivity contribution in [3.63, 3.8) is 0 Å². The van der Waals surface area contributed by atoms with Crippen LogP contribution in [0.5, 0.6) is 5.88 Å². The van der Waals surface area contributed by atoms with Gasteiger partial charge in [-0.3, -0.25) is 4.79 Å². The van der Waals surface area contributed by atoms with Gasteiger partial charge in [0, 0.05) is 18.3 Å². The summed E-state index contributed by atoms with van der Waals surface area (Å²) in [4.78, 5) is 17.1. The molecular formula is C16H14ClN3O3. The molecule has 1 aliphatic heterocycles. The van der Waals surface area contributed by atoms with Crippen LogP contribution in [0.4, 0.5) is 0 Å². The predicted octanol–water partition coefficient (Wildman–Crippen LogP) is 2.44. The summed E-state index contributed by atoms with van der Waals surface area (Å²) in [7, 11) is 0. The Morgan fingerprint density at radius 1 is 1.43 bits per heavy atom. The molecule has 6 nitrogen and oxygen atoms in total. The zero-order valence-corrected chi connectivity index (χ0v) is 12.8. The molecule has 0 saturated carbocycles. The van der Waals surface area contributed by atoms with Gasteiger partial charge < -0.3 is 9.84 Å². The van der Waals surface area contributed by atoms with Crippen LogP contribution in [-0.2, 0) is 11.3 Å². The van der Waals surface area contributed by atoms with Crippen LogP contribution in [0.2, 0.25) is 0 Å². The molecule has 0 bridgehead atoms. The standard InChI is InChI=1S/C8H7ClN2.C8H7NO3/c9-11-6-8-3-1-7(5-10)2-4-8;10-8(11)6-4-12-7-5(6)2-1-3-9-7/h1-4,11H,6H2;1-3,6H,4H2,(H,10,11).